The second-order valence-corrected chi connectivity index (χ2v) is 2.61. The maximum Gasteiger partial charge on any atom is 0.309 e. The Morgan fingerprint density at radius 2 is 2.30 bits per heavy atom. The molecule has 0 aromatic rings. The van der Waals surface area contributed by atoms with E-state index >= 15 is 0 Å². The summed E-state index contributed by atoms with van der Waals surface area (Å²) in [6, 6.07) is 0. The maximum absolute atomic E-state index is 10.4. The van der Waals surface area contributed by atoms with Crippen LogP contribution in [0.2, 0.25) is 0 Å². The molecule has 2 N–H and O–H groups in total. The standard InChI is InChI=1S/C7H11O3/c8-6-4-2-1-3-5(6)7(9)10/h2,5-6,8H,1,3-4H2,(H,9,10). The van der Waals surface area contributed by atoms with Gasteiger partial charge in [-0.1, -0.05) is 0 Å². The molecule has 1 aliphatic rings. The smallest absolute Gasteiger partial charge is 0.309 e. The quantitative estimate of drug-likeness (QED) is 0.559. The van der Waals surface area contributed by atoms with Crippen LogP contribution in [0, 0.1) is 12.3 Å². The van der Waals surface area contributed by atoms with Gasteiger partial charge in [0.1, 0.15) is 0 Å². The van der Waals surface area contributed by atoms with Crippen LogP contribution in [-0.2, 0) is 4.79 Å². The minimum absolute atomic E-state index is 0.525. The van der Waals surface area contributed by atoms with E-state index in [2.05, 4.69) is 0 Å². The largest absolute Gasteiger partial charge is 0.481 e. The average molecular weight is 143 g/mol. The molecule has 57 valence electrons. The molecule has 0 aliphatic heterocycles. The van der Waals surface area contributed by atoms with Gasteiger partial charge in [-0.2, -0.15) is 0 Å². The number of aliphatic hydroxyl groups excluding tert-OH is 1. The first-order valence-corrected chi connectivity index (χ1v) is 3.44. The Hall–Kier alpha value is -0.570. The van der Waals surface area contributed by atoms with E-state index in [-0.39, 0.29) is 0 Å². The molecule has 3 heteroatoms. The van der Waals surface area contributed by atoms with Gasteiger partial charge in [0.05, 0.1) is 12.0 Å². The zero-order valence-electron chi connectivity index (χ0n) is 5.66. The predicted octanol–water partition coefficient (Wildman–Crippen LogP) is 0.436. The van der Waals surface area contributed by atoms with Crippen molar-refractivity contribution in [3.63, 3.8) is 0 Å². The third kappa shape index (κ3) is 1.48. The van der Waals surface area contributed by atoms with Crippen molar-refractivity contribution in [2.75, 3.05) is 0 Å². The summed E-state index contributed by atoms with van der Waals surface area (Å²) in [4.78, 5) is 10.4. The van der Waals surface area contributed by atoms with Gasteiger partial charge in [-0.15, -0.1) is 0 Å². The average Bonchev–Trinajstić information content (AvgIpc) is 1.88. The summed E-state index contributed by atoms with van der Waals surface area (Å²) >= 11 is 0. The minimum atomic E-state index is -0.874. The summed E-state index contributed by atoms with van der Waals surface area (Å²) in [7, 11) is 0. The molecule has 0 aromatic heterocycles. The molecule has 0 heterocycles. The van der Waals surface area contributed by atoms with Gasteiger partial charge in [0.25, 0.3) is 0 Å². The van der Waals surface area contributed by atoms with Gasteiger partial charge < -0.3 is 10.2 Å². The molecule has 2 atom stereocenters. The fourth-order valence-corrected chi connectivity index (χ4v) is 1.23. The van der Waals surface area contributed by atoms with Crippen LogP contribution in [0.25, 0.3) is 0 Å². The molecule has 1 fully saturated rings. The van der Waals surface area contributed by atoms with Crippen LogP contribution >= 0.6 is 0 Å². The normalized spacial score (nSPS) is 33.7. The van der Waals surface area contributed by atoms with Crippen molar-refractivity contribution in [2.45, 2.75) is 25.4 Å². The first-order chi connectivity index (χ1) is 4.72. The Morgan fingerprint density at radius 3 is 2.70 bits per heavy atom. The maximum atomic E-state index is 10.4. The monoisotopic (exact) mass is 143 g/mol. The van der Waals surface area contributed by atoms with E-state index < -0.39 is 18.0 Å². The van der Waals surface area contributed by atoms with Crippen molar-refractivity contribution in [1.29, 1.82) is 0 Å². The van der Waals surface area contributed by atoms with Crippen molar-refractivity contribution in [2.24, 2.45) is 5.92 Å². The number of rotatable bonds is 1. The summed E-state index contributed by atoms with van der Waals surface area (Å²) in [5.41, 5.74) is 0. The molecule has 1 saturated carbocycles. The highest BCUT2D eigenvalue weighted by molar-refractivity contribution is 5.70. The molecular formula is C7H11O3. The fraction of sp³-hybridized carbons (Fsp3) is 0.714. The summed E-state index contributed by atoms with van der Waals surface area (Å²) in [6.07, 6.45) is 3.19. The molecule has 10 heavy (non-hydrogen) atoms. The summed E-state index contributed by atoms with van der Waals surface area (Å²) in [6.45, 7) is 0. The fourth-order valence-electron chi connectivity index (χ4n) is 1.23. The molecule has 3 nitrogen and oxygen atoms in total. The highest BCUT2D eigenvalue weighted by Gasteiger charge is 2.28. The van der Waals surface area contributed by atoms with E-state index in [0.29, 0.717) is 12.8 Å². The zero-order valence-corrected chi connectivity index (χ0v) is 5.66. The Bertz CT molecular complexity index is 133. The third-order valence-corrected chi connectivity index (χ3v) is 1.87. The van der Waals surface area contributed by atoms with E-state index in [4.69, 9.17) is 10.2 Å². The number of carbonyl (C=O) groups is 1. The minimum Gasteiger partial charge on any atom is -0.481 e. The van der Waals surface area contributed by atoms with Crippen LogP contribution in [0.1, 0.15) is 19.3 Å². The Labute approximate surface area is 59.7 Å². The SMILES string of the molecule is O=C(O)C1CC[CH]CC1O. The summed E-state index contributed by atoms with van der Waals surface area (Å²) in [5, 5.41) is 17.7. The van der Waals surface area contributed by atoms with Crippen molar-refractivity contribution in [3.05, 3.63) is 6.42 Å². The van der Waals surface area contributed by atoms with E-state index in [1.54, 1.807) is 0 Å². The second kappa shape index (κ2) is 3.01. The second-order valence-electron chi connectivity index (χ2n) is 2.61. The number of hydrogen-bond acceptors (Lipinski definition) is 2. The lowest BCUT2D eigenvalue weighted by atomic mass is 9.87. The highest BCUT2D eigenvalue weighted by Crippen LogP contribution is 2.23. The van der Waals surface area contributed by atoms with Crippen molar-refractivity contribution in [1.82, 2.24) is 0 Å². The Kier molecular flexibility index (Phi) is 2.27. The lowest BCUT2D eigenvalue weighted by molar-refractivity contribution is -0.146. The molecule has 1 radical (unpaired) electrons. The molecule has 0 saturated heterocycles. The van der Waals surface area contributed by atoms with E-state index in [0.717, 1.165) is 6.42 Å². The van der Waals surface area contributed by atoms with Crippen LogP contribution in [0.3, 0.4) is 0 Å². The molecule has 1 rings (SSSR count). The molecule has 1 aliphatic carbocycles. The molecule has 2 unspecified atom stereocenters. The summed E-state index contributed by atoms with van der Waals surface area (Å²) < 4.78 is 0. The summed E-state index contributed by atoms with van der Waals surface area (Å²) in [5.74, 6) is -1.41. The third-order valence-electron chi connectivity index (χ3n) is 1.87. The van der Waals surface area contributed by atoms with Crippen LogP contribution in [0.4, 0.5) is 0 Å². The molecule has 0 amide bonds. The predicted molar refractivity (Wildman–Crippen MR) is 35.3 cm³/mol. The first-order valence-electron chi connectivity index (χ1n) is 3.44. The van der Waals surface area contributed by atoms with Gasteiger partial charge in [0, 0.05) is 0 Å². The number of aliphatic carboxylic acids is 1. The van der Waals surface area contributed by atoms with E-state index in [1.165, 1.54) is 0 Å². The number of aliphatic hydroxyl groups is 1. The molecule has 0 aromatic carbocycles. The lowest BCUT2D eigenvalue weighted by Crippen LogP contribution is -2.31. The Morgan fingerprint density at radius 1 is 1.60 bits per heavy atom. The van der Waals surface area contributed by atoms with Gasteiger partial charge in [0.15, 0.2) is 0 Å². The van der Waals surface area contributed by atoms with Crippen LogP contribution in [0.5, 0.6) is 0 Å². The van der Waals surface area contributed by atoms with Gasteiger partial charge in [0.2, 0.25) is 0 Å². The first kappa shape index (κ1) is 7.54. The van der Waals surface area contributed by atoms with Gasteiger partial charge >= 0.3 is 5.97 Å². The van der Waals surface area contributed by atoms with E-state index in [9.17, 15) is 4.79 Å². The number of carboxylic acid groups (broad SMARTS) is 1. The van der Waals surface area contributed by atoms with Gasteiger partial charge in [-0.25, -0.2) is 0 Å². The topological polar surface area (TPSA) is 57.5 Å². The van der Waals surface area contributed by atoms with Crippen molar-refractivity contribution < 1.29 is 15.0 Å². The molecular weight excluding hydrogens is 132 g/mol. The van der Waals surface area contributed by atoms with Crippen molar-refractivity contribution in [3.8, 4) is 0 Å². The molecule has 0 bridgehead atoms. The van der Waals surface area contributed by atoms with E-state index in [1.807, 2.05) is 6.42 Å². The van der Waals surface area contributed by atoms with Crippen molar-refractivity contribution >= 4 is 5.97 Å². The van der Waals surface area contributed by atoms with Gasteiger partial charge in [-0.3, -0.25) is 4.79 Å². The highest BCUT2D eigenvalue weighted by atomic mass is 16.4. The zero-order chi connectivity index (χ0) is 7.56. The van der Waals surface area contributed by atoms with Crippen LogP contribution < -0.4 is 0 Å². The lowest BCUT2D eigenvalue weighted by Gasteiger charge is -2.23. The van der Waals surface area contributed by atoms with Gasteiger partial charge in [-0.05, 0) is 25.7 Å². The molecule has 0 spiro atoms. The number of carboxylic acids is 1. The van der Waals surface area contributed by atoms with Crippen LogP contribution in [0.15, 0.2) is 0 Å². The Balaban J connectivity index is 2.47. The number of hydrogen-bond donors (Lipinski definition) is 2. The van der Waals surface area contributed by atoms with Crippen LogP contribution in [-0.4, -0.2) is 22.3 Å².